The lowest BCUT2D eigenvalue weighted by Crippen LogP contribution is -2.33. The van der Waals surface area contributed by atoms with E-state index in [4.69, 9.17) is 4.52 Å². The zero-order valence-corrected chi connectivity index (χ0v) is 13.8. The molecule has 4 rings (SSSR count). The molecule has 128 valence electrons. The fourth-order valence-electron chi connectivity index (χ4n) is 3.21. The molecule has 2 heterocycles. The third kappa shape index (κ3) is 3.31. The molecular weight excluding hydrogens is 318 g/mol. The summed E-state index contributed by atoms with van der Waals surface area (Å²) < 4.78 is 5.36. The van der Waals surface area contributed by atoms with Crippen molar-refractivity contribution in [2.24, 2.45) is 0 Å². The van der Waals surface area contributed by atoms with Gasteiger partial charge in [0.1, 0.15) is 5.76 Å². The first-order valence-corrected chi connectivity index (χ1v) is 8.48. The fourth-order valence-corrected chi connectivity index (χ4v) is 3.21. The summed E-state index contributed by atoms with van der Waals surface area (Å²) in [6.45, 7) is 0.447. The molecule has 7 heteroatoms. The molecule has 1 N–H and O–H groups in total. The normalized spacial score (nSPS) is 14.7. The van der Waals surface area contributed by atoms with Gasteiger partial charge in [0.2, 0.25) is 0 Å². The SMILES string of the molecule is O=C(NC(Cn1nccn1)c1ccccc1)c1noc2c1CCCC2. The zero-order valence-electron chi connectivity index (χ0n) is 13.8. The van der Waals surface area contributed by atoms with Gasteiger partial charge in [-0.05, 0) is 24.8 Å². The Morgan fingerprint density at radius 3 is 2.72 bits per heavy atom. The van der Waals surface area contributed by atoms with Crippen LogP contribution >= 0.6 is 0 Å². The van der Waals surface area contributed by atoms with Crippen LogP contribution in [0, 0.1) is 0 Å². The average molecular weight is 337 g/mol. The van der Waals surface area contributed by atoms with Crippen molar-refractivity contribution in [1.29, 1.82) is 0 Å². The Morgan fingerprint density at radius 1 is 1.16 bits per heavy atom. The largest absolute Gasteiger partial charge is 0.360 e. The maximum Gasteiger partial charge on any atom is 0.274 e. The van der Waals surface area contributed by atoms with Crippen molar-refractivity contribution in [3.8, 4) is 0 Å². The highest BCUT2D eigenvalue weighted by Gasteiger charge is 2.26. The van der Waals surface area contributed by atoms with Crippen LogP contribution in [0.2, 0.25) is 0 Å². The lowest BCUT2D eigenvalue weighted by molar-refractivity contribution is 0.0920. The van der Waals surface area contributed by atoms with Gasteiger partial charge in [-0.2, -0.15) is 15.0 Å². The molecule has 7 nitrogen and oxygen atoms in total. The molecule has 2 aromatic heterocycles. The van der Waals surface area contributed by atoms with Crippen molar-refractivity contribution in [3.63, 3.8) is 0 Å². The van der Waals surface area contributed by atoms with E-state index in [1.165, 1.54) is 0 Å². The van der Waals surface area contributed by atoms with Gasteiger partial charge in [0.25, 0.3) is 5.91 Å². The highest BCUT2D eigenvalue weighted by molar-refractivity contribution is 5.94. The van der Waals surface area contributed by atoms with E-state index in [1.807, 2.05) is 30.3 Å². The molecule has 3 aromatic rings. The molecule has 0 saturated carbocycles. The van der Waals surface area contributed by atoms with Crippen LogP contribution in [0.1, 0.15) is 46.3 Å². The molecule has 1 atom stereocenters. The Bertz CT molecular complexity index is 842. The predicted octanol–water partition coefficient (Wildman–Crippen LogP) is 2.32. The number of aryl methyl sites for hydroxylation is 1. The highest BCUT2D eigenvalue weighted by Crippen LogP contribution is 2.25. The quantitative estimate of drug-likeness (QED) is 0.772. The van der Waals surface area contributed by atoms with E-state index < -0.39 is 0 Å². The number of nitrogens with zero attached hydrogens (tertiary/aromatic N) is 4. The van der Waals surface area contributed by atoms with E-state index >= 15 is 0 Å². The van der Waals surface area contributed by atoms with Gasteiger partial charge in [-0.15, -0.1) is 0 Å². The van der Waals surface area contributed by atoms with Crippen LogP contribution in [0.15, 0.2) is 47.2 Å². The van der Waals surface area contributed by atoms with Crippen LogP contribution < -0.4 is 5.32 Å². The number of benzene rings is 1. The van der Waals surface area contributed by atoms with Gasteiger partial charge < -0.3 is 9.84 Å². The number of nitrogens with one attached hydrogen (secondary N) is 1. The van der Waals surface area contributed by atoms with Crippen molar-refractivity contribution in [3.05, 3.63) is 65.3 Å². The van der Waals surface area contributed by atoms with E-state index in [0.717, 1.165) is 42.6 Å². The number of hydrogen-bond donors (Lipinski definition) is 1. The Kier molecular flexibility index (Phi) is 4.28. The molecule has 1 aliphatic rings. The van der Waals surface area contributed by atoms with Crippen molar-refractivity contribution in [1.82, 2.24) is 25.5 Å². The molecule has 0 radical (unpaired) electrons. The number of hydrogen-bond acceptors (Lipinski definition) is 5. The van der Waals surface area contributed by atoms with Gasteiger partial charge in [-0.25, -0.2) is 0 Å². The van der Waals surface area contributed by atoms with Crippen LogP contribution in [0.5, 0.6) is 0 Å². The molecule has 0 saturated heterocycles. The van der Waals surface area contributed by atoms with Gasteiger partial charge in [0.05, 0.1) is 25.0 Å². The van der Waals surface area contributed by atoms with Crippen molar-refractivity contribution < 1.29 is 9.32 Å². The summed E-state index contributed by atoms with van der Waals surface area (Å²) in [4.78, 5) is 14.4. The first kappa shape index (κ1) is 15.6. The molecular formula is C18H19N5O2. The number of rotatable bonds is 5. The van der Waals surface area contributed by atoms with Crippen molar-refractivity contribution in [2.75, 3.05) is 0 Å². The minimum absolute atomic E-state index is 0.215. The summed E-state index contributed by atoms with van der Waals surface area (Å²) in [7, 11) is 0. The first-order chi connectivity index (χ1) is 12.3. The van der Waals surface area contributed by atoms with Gasteiger partial charge in [-0.3, -0.25) is 4.79 Å². The standard InChI is InChI=1S/C18H19N5O2/c24-18(17-14-8-4-5-9-16(14)25-22-17)21-15(12-23-19-10-11-20-23)13-6-2-1-3-7-13/h1-3,6-7,10-11,15H,4-5,8-9,12H2,(H,21,24). The smallest absolute Gasteiger partial charge is 0.274 e. The summed E-state index contributed by atoms with van der Waals surface area (Å²) in [5.41, 5.74) is 2.35. The maximum absolute atomic E-state index is 12.8. The third-order valence-electron chi connectivity index (χ3n) is 4.48. The molecule has 1 unspecified atom stereocenters. The number of aromatic nitrogens is 4. The fraction of sp³-hybridized carbons (Fsp3) is 0.333. The molecule has 25 heavy (non-hydrogen) atoms. The summed E-state index contributed by atoms with van der Waals surface area (Å²) in [5, 5.41) is 15.4. The Balaban J connectivity index is 1.57. The average Bonchev–Trinajstić information content (AvgIpc) is 3.31. The van der Waals surface area contributed by atoms with Gasteiger partial charge in [0, 0.05) is 12.0 Å². The number of carbonyl (C=O) groups excluding carboxylic acids is 1. The second-order valence-corrected chi connectivity index (χ2v) is 6.16. The van der Waals surface area contributed by atoms with E-state index in [9.17, 15) is 4.79 Å². The van der Waals surface area contributed by atoms with Gasteiger partial charge in [-0.1, -0.05) is 35.5 Å². The molecule has 0 aliphatic heterocycles. The topological polar surface area (TPSA) is 85.8 Å². The molecule has 1 aliphatic carbocycles. The minimum atomic E-state index is -0.253. The maximum atomic E-state index is 12.8. The van der Waals surface area contributed by atoms with Crippen LogP contribution in [0.25, 0.3) is 0 Å². The van der Waals surface area contributed by atoms with E-state index in [-0.39, 0.29) is 11.9 Å². The van der Waals surface area contributed by atoms with Gasteiger partial charge in [0.15, 0.2) is 5.69 Å². The molecule has 0 bridgehead atoms. The van der Waals surface area contributed by atoms with Crippen LogP contribution in [0.4, 0.5) is 0 Å². The van der Waals surface area contributed by atoms with Crippen LogP contribution in [-0.4, -0.2) is 26.1 Å². The predicted molar refractivity (Wildman–Crippen MR) is 89.8 cm³/mol. The summed E-state index contributed by atoms with van der Waals surface area (Å²) in [5.74, 6) is 0.634. The molecule has 0 fully saturated rings. The second-order valence-electron chi connectivity index (χ2n) is 6.16. The Morgan fingerprint density at radius 2 is 1.92 bits per heavy atom. The molecule has 0 spiro atoms. The second kappa shape index (κ2) is 6.88. The summed E-state index contributed by atoms with van der Waals surface area (Å²) in [6.07, 6.45) is 7.09. The summed E-state index contributed by atoms with van der Waals surface area (Å²) >= 11 is 0. The third-order valence-corrected chi connectivity index (χ3v) is 4.48. The van der Waals surface area contributed by atoms with E-state index in [1.54, 1.807) is 17.2 Å². The van der Waals surface area contributed by atoms with Crippen molar-refractivity contribution >= 4 is 5.91 Å². The number of carbonyl (C=O) groups is 1. The molecule has 1 aromatic carbocycles. The Labute approximate surface area is 145 Å². The van der Waals surface area contributed by atoms with Crippen LogP contribution in [-0.2, 0) is 19.4 Å². The lowest BCUT2D eigenvalue weighted by atomic mass is 9.96. The summed E-state index contributed by atoms with van der Waals surface area (Å²) in [6, 6.07) is 9.55. The Hall–Kier alpha value is -2.96. The van der Waals surface area contributed by atoms with Crippen LogP contribution in [0.3, 0.4) is 0 Å². The minimum Gasteiger partial charge on any atom is -0.360 e. The lowest BCUT2D eigenvalue weighted by Gasteiger charge is -2.18. The van der Waals surface area contributed by atoms with E-state index in [0.29, 0.717) is 12.2 Å². The number of amides is 1. The highest BCUT2D eigenvalue weighted by atomic mass is 16.5. The van der Waals surface area contributed by atoms with E-state index in [2.05, 4.69) is 20.7 Å². The van der Waals surface area contributed by atoms with Crippen molar-refractivity contribution in [2.45, 2.75) is 38.3 Å². The zero-order chi connectivity index (χ0) is 17.1. The monoisotopic (exact) mass is 337 g/mol. The first-order valence-electron chi connectivity index (χ1n) is 8.48. The van der Waals surface area contributed by atoms with Gasteiger partial charge >= 0.3 is 0 Å². The molecule has 1 amide bonds. The number of fused-ring (bicyclic) bond motifs is 1.